The number of halogens is 1. The third-order valence-corrected chi connectivity index (χ3v) is 2.14. The van der Waals surface area contributed by atoms with Crippen LogP contribution in [0.4, 0.5) is 4.79 Å². The summed E-state index contributed by atoms with van der Waals surface area (Å²) in [6.07, 6.45) is 1.89. The van der Waals surface area contributed by atoms with E-state index in [4.69, 9.17) is 4.74 Å². The molecule has 15 heavy (non-hydrogen) atoms. The zero-order chi connectivity index (χ0) is 11.9. The molecule has 0 aromatic rings. The minimum atomic E-state index is -0.409. The lowest BCUT2D eigenvalue weighted by Crippen LogP contribution is -2.38. The zero-order valence-electron chi connectivity index (χ0n) is 10.2. The molecular formula is C11H22BrNO2. The van der Waals surface area contributed by atoms with Crippen LogP contribution in [-0.2, 0) is 4.74 Å². The molecule has 0 rings (SSSR count). The Hall–Kier alpha value is -0.250. The zero-order valence-corrected chi connectivity index (χ0v) is 11.8. The maximum Gasteiger partial charge on any atom is 0.410 e. The summed E-state index contributed by atoms with van der Waals surface area (Å²) in [4.78, 5) is 13.5. The molecule has 0 aromatic carbocycles. The Kier molecular flexibility index (Phi) is 6.98. The van der Waals surface area contributed by atoms with Crippen LogP contribution < -0.4 is 0 Å². The van der Waals surface area contributed by atoms with Crippen molar-refractivity contribution in [3.05, 3.63) is 0 Å². The van der Waals surface area contributed by atoms with E-state index in [0.29, 0.717) is 6.54 Å². The van der Waals surface area contributed by atoms with Crippen LogP contribution in [0.5, 0.6) is 0 Å². The summed E-state index contributed by atoms with van der Waals surface area (Å²) in [7, 11) is 0. The van der Waals surface area contributed by atoms with E-state index in [1.54, 1.807) is 4.90 Å². The summed E-state index contributed by atoms with van der Waals surface area (Å²) in [6, 6.07) is 0. The van der Waals surface area contributed by atoms with Gasteiger partial charge in [-0.05, 0) is 27.2 Å². The van der Waals surface area contributed by atoms with Gasteiger partial charge in [-0.2, -0.15) is 0 Å². The van der Waals surface area contributed by atoms with Crippen molar-refractivity contribution in [2.24, 2.45) is 0 Å². The summed E-state index contributed by atoms with van der Waals surface area (Å²) >= 11 is 3.34. The van der Waals surface area contributed by atoms with Gasteiger partial charge in [-0.3, -0.25) is 0 Å². The van der Waals surface area contributed by atoms with E-state index in [9.17, 15) is 4.79 Å². The summed E-state index contributed by atoms with van der Waals surface area (Å²) in [5, 5.41) is 0.788. The smallest absolute Gasteiger partial charge is 0.410 e. The first-order chi connectivity index (χ1) is 6.90. The monoisotopic (exact) mass is 279 g/mol. The lowest BCUT2D eigenvalue weighted by molar-refractivity contribution is 0.0260. The third-order valence-electron chi connectivity index (χ3n) is 1.79. The number of nitrogens with zero attached hydrogens (tertiary/aromatic N) is 1. The first-order valence-electron chi connectivity index (χ1n) is 5.44. The van der Waals surface area contributed by atoms with Crippen molar-refractivity contribution in [1.82, 2.24) is 4.90 Å². The molecule has 4 heteroatoms. The maximum absolute atomic E-state index is 11.7. The van der Waals surface area contributed by atoms with Gasteiger partial charge >= 0.3 is 6.09 Å². The molecule has 0 aliphatic rings. The van der Waals surface area contributed by atoms with Crippen molar-refractivity contribution in [2.75, 3.05) is 18.4 Å². The molecule has 3 nitrogen and oxygen atoms in total. The number of carbonyl (C=O) groups is 1. The van der Waals surface area contributed by atoms with Gasteiger partial charge in [-0.1, -0.05) is 29.3 Å². The largest absolute Gasteiger partial charge is 0.444 e. The van der Waals surface area contributed by atoms with Gasteiger partial charge in [0.15, 0.2) is 0 Å². The molecule has 0 N–H and O–H groups in total. The second kappa shape index (κ2) is 7.09. The summed E-state index contributed by atoms with van der Waals surface area (Å²) in [5.41, 5.74) is -0.409. The average Bonchev–Trinajstić information content (AvgIpc) is 2.09. The summed E-state index contributed by atoms with van der Waals surface area (Å²) < 4.78 is 5.32. The first-order valence-corrected chi connectivity index (χ1v) is 6.56. The Morgan fingerprint density at radius 1 is 1.33 bits per heavy atom. The van der Waals surface area contributed by atoms with E-state index >= 15 is 0 Å². The number of carbonyl (C=O) groups excluding carboxylic acids is 1. The standard InChI is InChI=1S/C11H22BrNO2/c1-5-6-8-13(9-7-12)10(14)15-11(2,3)4/h5-9H2,1-4H3. The Bertz CT molecular complexity index is 190. The molecule has 0 aromatic heterocycles. The number of ether oxygens (including phenoxy) is 1. The van der Waals surface area contributed by atoms with Crippen LogP contribution in [-0.4, -0.2) is 35.0 Å². The van der Waals surface area contributed by atoms with Gasteiger partial charge < -0.3 is 9.64 Å². The van der Waals surface area contributed by atoms with Crippen LogP contribution in [0.15, 0.2) is 0 Å². The maximum atomic E-state index is 11.7. The quantitative estimate of drug-likeness (QED) is 0.722. The molecule has 0 bridgehead atoms. The molecule has 1 amide bonds. The molecule has 0 atom stereocenters. The average molecular weight is 280 g/mol. The molecule has 90 valence electrons. The predicted octanol–water partition coefficient (Wildman–Crippen LogP) is 3.42. The Morgan fingerprint density at radius 3 is 2.33 bits per heavy atom. The molecule has 0 radical (unpaired) electrons. The number of hydrogen-bond acceptors (Lipinski definition) is 2. The highest BCUT2D eigenvalue weighted by molar-refractivity contribution is 9.09. The number of amides is 1. The van der Waals surface area contributed by atoms with Crippen LogP contribution in [0.2, 0.25) is 0 Å². The van der Waals surface area contributed by atoms with Crippen molar-refractivity contribution in [3.8, 4) is 0 Å². The summed E-state index contributed by atoms with van der Waals surface area (Å²) in [6.45, 7) is 9.25. The lowest BCUT2D eigenvalue weighted by atomic mass is 10.2. The molecule has 0 aliphatic carbocycles. The van der Waals surface area contributed by atoms with Gasteiger partial charge in [0.05, 0.1) is 0 Å². The van der Waals surface area contributed by atoms with E-state index < -0.39 is 5.60 Å². The molecule has 0 saturated carbocycles. The Labute approximate surface area is 101 Å². The fourth-order valence-electron chi connectivity index (χ4n) is 1.07. The molecule has 0 spiro atoms. The van der Waals surface area contributed by atoms with Crippen LogP contribution in [0.1, 0.15) is 40.5 Å². The third kappa shape index (κ3) is 7.65. The second-order valence-corrected chi connectivity index (χ2v) is 5.30. The molecular weight excluding hydrogens is 258 g/mol. The highest BCUT2D eigenvalue weighted by atomic mass is 79.9. The number of alkyl halides is 1. The van der Waals surface area contributed by atoms with Crippen LogP contribution in [0.25, 0.3) is 0 Å². The summed E-state index contributed by atoms with van der Waals surface area (Å²) in [5.74, 6) is 0. The SMILES string of the molecule is CCCCN(CCBr)C(=O)OC(C)(C)C. The number of rotatable bonds is 5. The normalized spacial score (nSPS) is 11.3. The number of unbranched alkanes of at least 4 members (excludes halogenated alkanes) is 1. The fraction of sp³-hybridized carbons (Fsp3) is 0.909. The van der Waals surface area contributed by atoms with Gasteiger partial charge in [-0.25, -0.2) is 4.79 Å². The van der Waals surface area contributed by atoms with Gasteiger partial charge in [0.2, 0.25) is 0 Å². The number of hydrogen-bond donors (Lipinski definition) is 0. The molecule has 0 fully saturated rings. The molecule has 0 heterocycles. The van der Waals surface area contributed by atoms with E-state index in [2.05, 4.69) is 22.9 Å². The molecule has 0 unspecified atom stereocenters. The minimum absolute atomic E-state index is 0.213. The molecule has 0 saturated heterocycles. The molecule has 0 aliphatic heterocycles. The van der Waals surface area contributed by atoms with E-state index in [-0.39, 0.29) is 6.09 Å². The van der Waals surface area contributed by atoms with Crippen LogP contribution >= 0.6 is 15.9 Å². The highest BCUT2D eigenvalue weighted by Crippen LogP contribution is 2.10. The topological polar surface area (TPSA) is 29.5 Å². The van der Waals surface area contributed by atoms with Crippen molar-refractivity contribution >= 4 is 22.0 Å². The van der Waals surface area contributed by atoms with Crippen molar-refractivity contribution in [3.63, 3.8) is 0 Å². The van der Waals surface area contributed by atoms with Crippen LogP contribution in [0.3, 0.4) is 0 Å². The van der Waals surface area contributed by atoms with Gasteiger partial charge in [0.1, 0.15) is 5.60 Å². The lowest BCUT2D eigenvalue weighted by Gasteiger charge is -2.26. The van der Waals surface area contributed by atoms with Gasteiger partial charge in [-0.15, -0.1) is 0 Å². The van der Waals surface area contributed by atoms with Crippen molar-refractivity contribution in [1.29, 1.82) is 0 Å². The minimum Gasteiger partial charge on any atom is -0.444 e. The van der Waals surface area contributed by atoms with Crippen LogP contribution in [0, 0.1) is 0 Å². The highest BCUT2D eigenvalue weighted by Gasteiger charge is 2.20. The van der Waals surface area contributed by atoms with Gasteiger partial charge in [0.25, 0.3) is 0 Å². The van der Waals surface area contributed by atoms with E-state index in [0.717, 1.165) is 24.7 Å². The van der Waals surface area contributed by atoms with Gasteiger partial charge in [0, 0.05) is 18.4 Å². The fourth-order valence-corrected chi connectivity index (χ4v) is 1.50. The Morgan fingerprint density at radius 2 is 1.93 bits per heavy atom. The second-order valence-electron chi connectivity index (χ2n) is 4.51. The Balaban J connectivity index is 4.15. The van der Waals surface area contributed by atoms with E-state index in [1.807, 2.05) is 20.8 Å². The first kappa shape index (κ1) is 14.8. The predicted molar refractivity (Wildman–Crippen MR) is 66.5 cm³/mol. The van der Waals surface area contributed by atoms with E-state index in [1.165, 1.54) is 0 Å². The van der Waals surface area contributed by atoms with Crippen molar-refractivity contribution in [2.45, 2.75) is 46.1 Å². The van der Waals surface area contributed by atoms with Crippen molar-refractivity contribution < 1.29 is 9.53 Å².